The summed E-state index contributed by atoms with van der Waals surface area (Å²) >= 11 is 6.66. The Morgan fingerprint density at radius 2 is 0.516 bits per heavy atom. The van der Waals surface area contributed by atoms with E-state index >= 15 is 0 Å². The smallest absolute Gasteiger partial charge is 0.305 e. The summed E-state index contributed by atoms with van der Waals surface area (Å²) in [5.74, 6) is -135. The van der Waals surface area contributed by atoms with Gasteiger partial charge in [-0.3, -0.25) is 9.59 Å². The zero-order valence-corrected chi connectivity index (χ0v) is 28.4. The molecular formula is C23H5Cl2F32N3O2. The minimum Gasteiger partial charge on any atom is -0.305 e. The number of hydrogen-bond acceptors (Lipinski definition) is 3. The van der Waals surface area contributed by atoms with Crippen molar-refractivity contribution in [3.63, 3.8) is 0 Å². The topological polar surface area (TPSA) is 71.1 Å². The van der Waals surface area contributed by atoms with Gasteiger partial charge in [0.05, 0.1) is 0 Å². The quantitative estimate of drug-likeness (QED) is 0.114. The fourth-order valence-electron chi connectivity index (χ4n) is 3.58. The van der Waals surface area contributed by atoms with Crippen LogP contribution >= 0.6 is 23.2 Å². The van der Waals surface area contributed by atoms with Gasteiger partial charge in [-0.15, -0.1) is 0 Å². The molecule has 62 heavy (non-hydrogen) atoms. The van der Waals surface area contributed by atoms with Crippen LogP contribution in [0.3, 0.4) is 0 Å². The summed E-state index contributed by atoms with van der Waals surface area (Å²) in [7, 11) is 0. The molecule has 1 heterocycles. The molecule has 0 atom stereocenters. The molecule has 0 radical (unpaired) electrons. The lowest BCUT2D eigenvalue weighted by molar-refractivity contribution is -0.445. The van der Waals surface area contributed by atoms with Gasteiger partial charge in [0.1, 0.15) is 11.6 Å². The van der Waals surface area contributed by atoms with Crippen molar-refractivity contribution in [2.45, 2.75) is 93.7 Å². The molecule has 39 heteroatoms. The number of anilines is 2. The number of halogens is 34. The highest BCUT2D eigenvalue weighted by atomic mass is 35.5. The molecule has 0 aromatic carbocycles. The lowest BCUT2D eigenvalue weighted by atomic mass is 9.89. The molecule has 0 aliphatic rings. The summed E-state index contributed by atoms with van der Waals surface area (Å²) in [6.45, 7) is 0. The largest absolute Gasteiger partial charge is 0.393 e. The molecule has 0 saturated carbocycles. The number of carbonyl (C=O) groups is 2. The minimum atomic E-state index is -9.11. The second kappa shape index (κ2) is 15.0. The maximum atomic E-state index is 14.2. The number of nitrogens with one attached hydrogen (secondary N) is 2. The molecule has 2 amide bonds. The van der Waals surface area contributed by atoms with Crippen LogP contribution in [0.4, 0.5) is 152 Å². The highest BCUT2D eigenvalue weighted by Gasteiger charge is 2.97. The molecular weight excluding hydrogens is 1030 g/mol. The van der Waals surface area contributed by atoms with Crippen LogP contribution in [-0.2, 0) is 9.59 Å². The van der Waals surface area contributed by atoms with Crippen molar-refractivity contribution in [1.29, 1.82) is 0 Å². The van der Waals surface area contributed by atoms with Crippen LogP contribution in [0.25, 0.3) is 0 Å². The summed E-state index contributed by atoms with van der Waals surface area (Å²) in [6, 6.07) is -0.829. The molecule has 0 spiro atoms. The Kier molecular flexibility index (Phi) is 13.7. The second-order valence-electron chi connectivity index (χ2n) is 11.4. The number of aromatic nitrogens is 1. The van der Waals surface area contributed by atoms with Crippen LogP contribution in [0.15, 0.2) is 18.2 Å². The summed E-state index contributed by atoms with van der Waals surface area (Å²) in [6.07, 6.45) is 0. The third-order valence-electron chi connectivity index (χ3n) is 7.25. The molecule has 362 valence electrons. The van der Waals surface area contributed by atoms with E-state index in [2.05, 4.69) is 28.2 Å². The van der Waals surface area contributed by atoms with Crippen molar-refractivity contribution in [3.8, 4) is 0 Å². The van der Waals surface area contributed by atoms with Crippen molar-refractivity contribution in [1.82, 2.24) is 4.98 Å². The maximum absolute atomic E-state index is 14.2. The van der Waals surface area contributed by atoms with Crippen LogP contribution < -0.4 is 10.6 Å². The summed E-state index contributed by atoms with van der Waals surface area (Å²) in [4.78, 5) is 25.6. The van der Waals surface area contributed by atoms with Crippen molar-refractivity contribution in [2.75, 3.05) is 10.6 Å². The summed E-state index contributed by atoms with van der Waals surface area (Å²) in [5.41, 5.74) is 0. The van der Waals surface area contributed by atoms with E-state index in [0.29, 0.717) is 0 Å². The lowest BCUT2D eigenvalue weighted by Gasteiger charge is -2.42. The molecule has 1 aromatic rings. The van der Waals surface area contributed by atoms with Crippen molar-refractivity contribution < 1.29 is 150 Å². The first-order valence-electron chi connectivity index (χ1n) is 13.5. The van der Waals surface area contributed by atoms with Crippen molar-refractivity contribution in [2.24, 2.45) is 0 Å². The van der Waals surface area contributed by atoms with Gasteiger partial charge in [0.25, 0.3) is 0 Å². The normalized spacial score (nSPS) is 16.0. The van der Waals surface area contributed by atoms with E-state index in [1.807, 2.05) is 0 Å². The first kappa shape index (κ1) is 56.4. The highest BCUT2D eigenvalue weighted by Crippen LogP contribution is 2.66. The number of nitrogens with zero attached hydrogens (tertiary/aromatic N) is 1. The average molecular weight is 1030 g/mol. The predicted octanol–water partition coefficient (Wildman–Crippen LogP) is 11.5. The Hall–Kier alpha value is -3.57. The average Bonchev–Trinajstić information content (AvgIpc) is 3.06. The van der Waals surface area contributed by atoms with E-state index in [-0.39, 0.29) is 28.8 Å². The molecule has 0 unspecified atom stereocenters. The number of amides is 2. The first-order chi connectivity index (χ1) is 26.5. The fraction of sp³-hybridized carbons (Fsp3) is 0.696. The van der Waals surface area contributed by atoms with E-state index in [4.69, 9.17) is 0 Å². The molecule has 0 saturated heterocycles. The maximum Gasteiger partial charge on any atom is 0.393 e. The predicted molar refractivity (Wildman–Crippen MR) is 132 cm³/mol. The van der Waals surface area contributed by atoms with Crippen LogP contribution in [0.5, 0.6) is 0 Å². The molecule has 1 aromatic heterocycles. The van der Waals surface area contributed by atoms with E-state index in [1.165, 1.54) is 0 Å². The van der Waals surface area contributed by atoms with Crippen molar-refractivity contribution in [3.05, 3.63) is 18.2 Å². The molecule has 0 fully saturated rings. The number of rotatable bonds is 18. The van der Waals surface area contributed by atoms with Crippen LogP contribution in [-0.4, -0.2) is 110 Å². The molecule has 0 aliphatic heterocycles. The van der Waals surface area contributed by atoms with Gasteiger partial charge in [-0.1, -0.05) is 6.07 Å². The SMILES string of the molecule is O=C(Nc1cccc(NC(=O)C(F)(F)C(F)(F)C(F)(F)C(F)(F)C(F)(F)C(F)(F)C(F)(F)C(F)(F)Cl)n1)C(F)(F)C(F)(F)C(F)(F)C(F)(F)C(F)(F)C(F)(F)C(F)(F)C(F)(F)Cl. The van der Waals surface area contributed by atoms with Gasteiger partial charge >= 0.3 is 105 Å². The van der Waals surface area contributed by atoms with Gasteiger partial charge in [-0.25, -0.2) is 4.98 Å². The number of pyridine rings is 1. The molecule has 1 rings (SSSR count). The molecule has 5 nitrogen and oxygen atoms in total. The molecule has 0 bridgehead atoms. The monoisotopic (exact) mass is 1030 g/mol. The zero-order valence-electron chi connectivity index (χ0n) is 26.8. The van der Waals surface area contributed by atoms with E-state index in [9.17, 15) is 150 Å². The Labute approximate surface area is 325 Å². The van der Waals surface area contributed by atoms with Crippen LogP contribution in [0.1, 0.15) is 0 Å². The first-order valence-corrected chi connectivity index (χ1v) is 14.3. The standard InChI is InChI=1S/C23H5Cl2F32N3O2/c24-22(54,55)20(50,51)18(46,47)16(42,43)14(38,39)12(34,35)10(30,31)8(26,27)6(61)59-4-2-1-3-5(58-4)60-7(62)9(28,29)11(32,33)13(36,37)15(40,41)17(44,45)19(48,49)21(52,53)23(25,56)57/h1-3H,(H2,58,59,60,61,62). The molecule has 0 aliphatic carbocycles. The lowest BCUT2D eigenvalue weighted by Crippen LogP contribution is -2.75. The minimum absolute atomic E-state index is 0.00990. The molecule has 2 N–H and O–H groups in total. The summed E-state index contributed by atoms with van der Waals surface area (Å²) in [5, 5.41) is -14.3. The van der Waals surface area contributed by atoms with Gasteiger partial charge in [0.2, 0.25) is 0 Å². The van der Waals surface area contributed by atoms with Gasteiger partial charge in [-0.2, -0.15) is 140 Å². The number of hydrogen-bond donors (Lipinski definition) is 2. The van der Waals surface area contributed by atoms with Gasteiger partial charge in [0.15, 0.2) is 0 Å². The highest BCUT2D eigenvalue weighted by molar-refractivity contribution is 6.22. The van der Waals surface area contributed by atoms with E-state index < -0.39 is 117 Å². The zero-order chi connectivity index (χ0) is 50.6. The Morgan fingerprint density at radius 1 is 0.339 bits per heavy atom. The Morgan fingerprint density at radius 3 is 0.710 bits per heavy atom. The number of alkyl halides is 34. The Balaban J connectivity index is 3.63. The fourth-order valence-corrected chi connectivity index (χ4v) is 3.81. The van der Waals surface area contributed by atoms with Gasteiger partial charge in [0, 0.05) is 0 Å². The van der Waals surface area contributed by atoms with E-state index in [0.717, 1.165) is 0 Å². The van der Waals surface area contributed by atoms with Crippen LogP contribution in [0, 0.1) is 0 Å². The third kappa shape index (κ3) is 7.46. The summed E-state index contributed by atoms with van der Waals surface area (Å²) < 4.78 is 436. The van der Waals surface area contributed by atoms with Crippen molar-refractivity contribution >= 4 is 46.7 Å². The van der Waals surface area contributed by atoms with Gasteiger partial charge in [-0.05, 0) is 35.3 Å². The van der Waals surface area contributed by atoms with Crippen LogP contribution in [0.2, 0.25) is 0 Å². The van der Waals surface area contributed by atoms with E-state index in [1.54, 1.807) is 0 Å². The number of carbonyl (C=O) groups excluding carboxylic acids is 2. The second-order valence-corrected chi connectivity index (χ2v) is 12.3. The Bertz CT molecular complexity index is 1730. The third-order valence-corrected chi connectivity index (χ3v) is 7.72. The van der Waals surface area contributed by atoms with Gasteiger partial charge < -0.3 is 10.6 Å².